The minimum atomic E-state index is -0.570. The molecule has 2 N–H and O–H groups in total. The first kappa shape index (κ1) is 10.6. The molecule has 0 aliphatic carbocycles. The maximum atomic E-state index is 10.5. The summed E-state index contributed by atoms with van der Waals surface area (Å²) < 4.78 is 0. The van der Waals surface area contributed by atoms with Gasteiger partial charge in [0, 0.05) is 5.56 Å². The third-order valence-corrected chi connectivity index (χ3v) is 1.94. The molecule has 1 heterocycles. The molecule has 0 aliphatic heterocycles. The number of pyridine rings is 1. The summed E-state index contributed by atoms with van der Waals surface area (Å²) in [6, 6.07) is 1.65. The second-order valence-corrected chi connectivity index (χ2v) is 3.83. The Morgan fingerprint density at radius 1 is 1.57 bits per heavy atom. The van der Waals surface area contributed by atoms with Crippen molar-refractivity contribution in [1.29, 1.82) is 0 Å². The van der Waals surface area contributed by atoms with E-state index in [1.54, 1.807) is 26.8 Å². The number of nitrogens with zero attached hydrogens (tertiary/aromatic N) is 2. The second kappa shape index (κ2) is 3.34. The van der Waals surface area contributed by atoms with Crippen molar-refractivity contribution in [2.45, 2.75) is 26.3 Å². The van der Waals surface area contributed by atoms with Crippen molar-refractivity contribution in [2.24, 2.45) is 5.73 Å². The molecule has 1 rings (SSSR count). The standard InChI is InChI=1S/C9H13N3O2/c1-6-4-8(9(2,3)10)11-5-7(6)12(13)14/h4-5H,10H2,1-3H3. The first-order valence-corrected chi connectivity index (χ1v) is 4.23. The molecule has 76 valence electrons. The predicted molar refractivity (Wildman–Crippen MR) is 52.8 cm³/mol. The molecule has 0 aliphatic rings. The highest BCUT2D eigenvalue weighted by atomic mass is 16.6. The van der Waals surface area contributed by atoms with Crippen LogP contribution in [0.1, 0.15) is 25.1 Å². The highest BCUT2D eigenvalue weighted by Crippen LogP contribution is 2.21. The number of rotatable bonds is 2. The van der Waals surface area contributed by atoms with Crippen molar-refractivity contribution in [3.05, 3.63) is 33.6 Å². The fourth-order valence-corrected chi connectivity index (χ4v) is 1.09. The number of aromatic nitrogens is 1. The first-order valence-electron chi connectivity index (χ1n) is 4.23. The van der Waals surface area contributed by atoms with Crippen LogP contribution in [0.4, 0.5) is 5.69 Å². The number of hydrogen-bond donors (Lipinski definition) is 1. The third-order valence-electron chi connectivity index (χ3n) is 1.94. The van der Waals surface area contributed by atoms with Crippen LogP contribution >= 0.6 is 0 Å². The number of hydrogen-bond acceptors (Lipinski definition) is 4. The monoisotopic (exact) mass is 195 g/mol. The number of nitro groups is 1. The lowest BCUT2D eigenvalue weighted by Crippen LogP contribution is -2.29. The molecule has 0 bridgehead atoms. The summed E-state index contributed by atoms with van der Waals surface area (Å²) in [5.41, 5.74) is 6.51. The molecule has 5 nitrogen and oxygen atoms in total. The highest BCUT2D eigenvalue weighted by molar-refractivity contribution is 5.38. The van der Waals surface area contributed by atoms with Gasteiger partial charge in [-0.3, -0.25) is 15.1 Å². The molecule has 1 aromatic heterocycles. The molecule has 14 heavy (non-hydrogen) atoms. The van der Waals surface area contributed by atoms with Crippen LogP contribution < -0.4 is 5.73 Å². The summed E-state index contributed by atoms with van der Waals surface area (Å²) in [6.07, 6.45) is 1.25. The molecule has 0 saturated carbocycles. The Morgan fingerprint density at radius 3 is 2.50 bits per heavy atom. The Labute approximate surface area is 82.1 Å². The van der Waals surface area contributed by atoms with Crippen LogP contribution in [0.2, 0.25) is 0 Å². The molecule has 0 fully saturated rings. The van der Waals surface area contributed by atoms with E-state index >= 15 is 0 Å². The summed E-state index contributed by atoms with van der Waals surface area (Å²) in [5.74, 6) is 0. The molecular formula is C9H13N3O2. The van der Waals surface area contributed by atoms with Gasteiger partial charge in [-0.25, -0.2) is 0 Å². The van der Waals surface area contributed by atoms with Gasteiger partial charge in [0.25, 0.3) is 5.69 Å². The predicted octanol–water partition coefficient (Wildman–Crippen LogP) is 1.49. The lowest BCUT2D eigenvalue weighted by molar-refractivity contribution is -0.385. The molecule has 0 spiro atoms. The van der Waals surface area contributed by atoms with Crippen LogP contribution in [0.5, 0.6) is 0 Å². The van der Waals surface area contributed by atoms with E-state index < -0.39 is 10.5 Å². The molecular weight excluding hydrogens is 182 g/mol. The summed E-state index contributed by atoms with van der Waals surface area (Å²) in [5, 5.41) is 10.5. The Hall–Kier alpha value is -1.49. The largest absolute Gasteiger partial charge is 0.321 e. The molecule has 0 atom stereocenters. The SMILES string of the molecule is Cc1cc(C(C)(C)N)ncc1[N+](=O)[O-]. The molecule has 0 saturated heterocycles. The topological polar surface area (TPSA) is 82.0 Å². The molecule has 5 heteroatoms. The zero-order chi connectivity index (χ0) is 10.9. The quantitative estimate of drug-likeness (QED) is 0.572. The maximum Gasteiger partial charge on any atom is 0.290 e. The minimum absolute atomic E-state index is 0.0259. The molecule has 0 amide bonds. The van der Waals surface area contributed by atoms with Crippen LogP contribution in [-0.2, 0) is 5.54 Å². The lowest BCUT2D eigenvalue weighted by Gasteiger charge is -2.17. The molecule has 0 radical (unpaired) electrons. The average Bonchev–Trinajstić information content (AvgIpc) is 2.01. The summed E-state index contributed by atoms with van der Waals surface area (Å²) in [7, 11) is 0. The van der Waals surface area contributed by atoms with E-state index in [0.717, 1.165) is 0 Å². The Balaban J connectivity index is 3.20. The van der Waals surface area contributed by atoms with Crippen molar-refractivity contribution in [3.8, 4) is 0 Å². The summed E-state index contributed by atoms with van der Waals surface area (Å²) >= 11 is 0. The maximum absolute atomic E-state index is 10.5. The fraction of sp³-hybridized carbons (Fsp3) is 0.444. The van der Waals surface area contributed by atoms with Gasteiger partial charge < -0.3 is 5.73 Å². The second-order valence-electron chi connectivity index (χ2n) is 3.83. The van der Waals surface area contributed by atoms with Crippen molar-refractivity contribution in [2.75, 3.05) is 0 Å². The van der Waals surface area contributed by atoms with Gasteiger partial charge >= 0.3 is 0 Å². The van der Waals surface area contributed by atoms with Gasteiger partial charge in [-0.2, -0.15) is 0 Å². The van der Waals surface area contributed by atoms with Gasteiger partial charge in [-0.05, 0) is 26.8 Å². The van der Waals surface area contributed by atoms with E-state index in [-0.39, 0.29) is 5.69 Å². The fourth-order valence-electron chi connectivity index (χ4n) is 1.09. The van der Waals surface area contributed by atoms with Gasteiger partial charge in [0.2, 0.25) is 0 Å². The van der Waals surface area contributed by atoms with Gasteiger partial charge in [0.15, 0.2) is 0 Å². The summed E-state index contributed by atoms with van der Waals surface area (Å²) in [4.78, 5) is 14.0. The average molecular weight is 195 g/mol. The lowest BCUT2D eigenvalue weighted by atomic mass is 10.00. The van der Waals surface area contributed by atoms with Gasteiger partial charge in [-0.15, -0.1) is 0 Å². The number of nitrogens with two attached hydrogens (primary N) is 1. The van der Waals surface area contributed by atoms with Crippen LogP contribution in [0.15, 0.2) is 12.3 Å². The number of aryl methyl sites for hydroxylation is 1. The van der Waals surface area contributed by atoms with Gasteiger partial charge in [0.05, 0.1) is 16.2 Å². The zero-order valence-electron chi connectivity index (χ0n) is 8.44. The molecule has 0 aromatic carbocycles. The van der Waals surface area contributed by atoms with E-state index in [9.17, 15) is 10.1 Å². The first-order chi connectivity index (χ1) is 6.32. The summed E-state index contributed by atoms with van der Waals surface area (Å²) in [6.45, 7) is 5.29. The van der Waals surface area contributed by atoms with E-state index in [2.05, 4.69) is 4.98 Å². The van der Waals surface area contributed by atoms with Gasteiger partial charge in [-0.1, -0.05) is 0 Å². The van der Waals surface area contributed by atoms with Crippen molar-refractivity contribution in [3.63, 3.8) is 0 Å². The van der Waals surface area contributed by atoms with Crippen LogP contribution in [0, 0.1) is 17.0 Å². The Kier molecular flexibility index (Phi) is 2.53. The minimum Gasteiger partial charge on any atom is -0.321 e. The molecule has 0 unspecified atom stereocenters. The van der Waals surface area contributed by atoms with E-state index in [1.807, 2.05) is 0 Å². The van der Waals surface area contributed by atoms with E-state index in [1.165, 1.54) is 6.20 Å². The van der Waals surface area contributed by atoms with Crippen LogP contribution in [0.25, 0.3) is 0 Å². The molecule has 1 aromatic rings. The zero-order valence-corrected chi connectivity index (χ0v) is 8.44. The Bertz CT molecular complexity index is 369. The van der Waals surface area contributed by atoms with Crippen LogP contribution in [-0.4, -0.2) is 9.91 Å². The smallest absolute Gasteiger partial charge is 0.290 e. The van der Waals surface area contributed by atoms with E-state index in [0.29, 0.717) is 11.3 Å². The normalized spacial score (nSPS) is 11.4. The van der Waals surface area contributed by atoms with Crippen LogP contribution in [0.3, 0.4) is 0 Å². The van der Waals surface area contributed by atoms with Crippen molar-refractivity contribution in [1.82, 2.24) is 4.98 Å². The third kappa shape index (κ3) is 2.05. The highest BCUT2D eigenvalue weighted by Gasteiger charge is 2.19. The van der Waals surface area contributed by atoms with Crippen molar-refractivity contribution >= 4 is 5.69 Å². The Morgan fingerprint density at radius 2 is 2.14 bits per heavy atom. The van der Waals surface area contributed by atoms with Gasteiger partial charge in [0.1, 0.15) is 6.20 Å². The van der Waals surface area contributed by atoms with Crippen molar-refractivity contribution < 1.29 is 4.92 Å². The van der Waals surface area contributed by atoms with E-state index in [4.69, 9.17) is 5.73 Å².